The summed E-state index contributed by atoms with van der Waals surface area (Å²) in [5.74, 6) is 2.49. The summed E-state index contributed by atoms with van der Waals surface area (Å²) >= 11 is 6.74. The van der Waals surface area contributed by atoms with Crippen LogP contribution in [0, 0.1) is 0 Å². The number of hydrogen-bond donors (Lipinski definition) is 0. The molecule has 0 spiro atoms. The van der Waals surface area contributed by atoms with Gasteiger partial charge in [-0.2, -0.15) is 0 Å². The number of anilines is 1. The van der Waals surface area contributed by atoms with Crippen LogP contribution in [0.15, 0.2) is 77.7 Å². The first-order valence-corrected chi connectivity index (χ1v) is 10.6. The maximum Gasteiger partial charge on any atom is 0.270 e. The van der Waals surface area contributed by atoms with Crippen molar-refractivity contribution in [2.75, 3.05) is 19.1 Å². The average Bonchev–Trinajstić information content (AvgIpc) is 3.07. The van der Waals surface area contributed by atoms with Crippen LogP contribution in [0.2, 0.25) is 0 Å². The lowest BCUT2D eigenvalue weighted by atomic mass is 10.2. The molecule has 4 rings (SSSR count). The Kier molecular flexibility index (Phi) is 6.25. The van der Waals surface area contributed by atoms with Gasteiger partial charge in [0.15, 0.2) is 15.8 Å². The first-order chi connectivity index (χ1) is 15.1. The third-order valence-electron chi connectivity index (χ3n) is 4.57. The molecule has 0 atom stereocenters. The molecule has 1 amide bonds. The summed E-state index contributed by atoms with van der Waals surface area (Å²) in [7, 11) is 3.16. The summed E-state index contributed by atoms with van der Waals surface area (Å²) in [6.07, 6.45) is 1.80. The number of nitrogens with zero attached hydrogens (tertiary/aromatic N) is 1. The van der Waals surface area contributed by atoms with Gasteiger partial charge in [-0.3, -0.25) is 9.69 Å². The monoisotopic (exact) mass is 449 g/mol. The fourth-order valence-corrected chi connectivity index (χ4v) is 4.37. The molecule has 1 fully saturated rings. The van der Waals surface area contributed by atoms with Crippen LogP contribution in [-0.2, 0) is 4.79 Å². The molecule has 1 saturated heterocycles. The highest BCUT2D eigenvalue weighted by atomic mass is 32.2. The summed E-state index contributed by atoms with van der Waals surface area (Å²) in [5.41, 5.74) is 1.52. The van der Waals surface area contributed by atoms with Crippen molar-refractivity contribution < 1.29 is 19.0 Å². The van der Waals surface area contributed by atoms with Crippen molar-refractivity contribution in [1.82, 2.24) is 0 Å². The first-order valence-electron chi connectivity index (χ1n) is 9.42. The van der Waals surface area contributed by atoms with E-state index in [9.17, 15) is 4.79 Å². The molecule has 0 N–H and O–H groups in total. The number of ether oxygens (including phenoxy) is 3. The predicted octanol–water partition coefficient (Wildman–Crippen LogP) is 5.90. The number of rotatable bonds is 6. The van der Waals surface area contributed by atoms with Crippen LogP contribution < -0.4 is 19.1 Å². The molecule has 0 unspecified atom stereocenters. The maximum atomic E-state index is 13.0. The van der Waals surface area contributed by atoms with Crippen LogP contribution in [0.5, 0.6) is 23.0 Å². The van der Waals surface area contributed by atoms with Gasteiger partial charge in [0.05, 0.1) is 24.8 Å². The molecule has 1 aliphatic rings. The zero-order valence-corrected chi connectivity index (χ0v) is 18.5. The predicted molar refractivity (Wildman–Crippen MR) is 128 cm³/mol. The van der Waals surface area contributed by atoms with Crippen LogP contribution in [0.1, 0.15) is 5.56 Å². The number of thioether (sulfide) groups is 1. The molecule has 0 aromatic heterocycles. The molecule has 1 heterocycles. The van der Waals surface area contributed by atoms with E-state index in [2.05, 4.69) is 0 Å². The molecule has 1 aliphatic heterocycles. The second-order valence-corrected chi connectivity index (χ2v) is 8.22. The highest BCUT2D eigenvalue weighted by molar-refractivity contribution is 8.27. The van der Waals surface area contributed by atoms with E-state index in [0.717, 1.165) is 11.3 Å². The van der Waals surface area contributed by atoms with Crippen molar-refractivity contribution in [3.63, 3.8) is 0 Å². The van der Waals surface area contributed by atoms with E-state index >= 15 is 0 Å². The van der Waals surface area contributed by atoms with E-state index in [1.807, 2.05) is 66.7 Å². The Hall–Kier alpha value is -3.29. The molecule has 0 bridgehead atoms. The topological polar surface area (TPSA) is 48.0 Å². The van der Waals surface area contributed by atoms with Crippen molar-refractivity contribution in [2.24, 2.45) is 0 Å². The fourth-order valence-electron chi connectivity index (χ4n) is 3.07. The van der Waals surface area contributed by atoms with Crippen molar-refractivity contribution >= 4 is 46.0 Å². The van der Waals surface area contributed by atoms with Crippen LogP contribution >= 0.6 is 24.0 Å². The van der Waals surface area contributed by atoms with Crippen LogP contribution in [-0.4, -0.2) is 24.4 Å². The summed E-state index contributed by atoms with van der Waals surface area (Å²) in [6, 6.07) is 22.3. The van der Waals surface area contributed by atoms with Crippen molar-refractivity contribution in [1.29, 1.82) is 0 Å². The van der Waals surface area contributed by atoms with Crippen LogP contribution in [0.3, 0.4) is 0 Å². The number of carbonyl (C=O) groups is 1. The summed E-state index contributed by atoms with van der Waals surface area (Å²) in [4.78, 5) is 15.1. The number of methoxy groups -OCH3 is 2. The molecule has 31 heavy (non-hydrogen) atoms. The molecule has 7 heteroatoms. The number of hydrogen-bond acceptors (Lipinski definition) is 6. The molecule has 5 nitrogen and oxygen atoms in total. The highest BCUT2D eigenvalue weighted by Crippen LogP contribution is 2.38. The van der Waals surface area contributed by atoms with Gasteiger partial charge in [0.2, 0.25) is 0 Å². The number of benzene rings is 3. The molecular weight excluding hydrogens is 430 g/mol. The normalized spacial score (nSPS) is 14.8. The minimum absolute atomic E-state index is 0.165. The number of amides is 1. The molecule has 3 aromatic rings. The zero-order valence-electron chi connectivity index (χ0n) is 16.9. The Bertz CT molecular complexity index is 1140. The van der Waals surface area contributed by atoms with Gasteiger partial charge >= 0.3 is 0 Å². The largest absolute Gasteiger partial charge is 0.493 e. The van der Waals surface area contributed by atoms with Crippen molar-refractivity contribution in [2.45, 2.75) is 0 Å². The van der Waals surface area contributed by atoms with Crippen LogP contribution in [0.4, 0.5) is 5.69 Å². The first kappa shape index (κ1) is 21.0. The van der Waals surface area contributed by atoms with E-state index in [1.165, 1.54) is 16.7 Å². The van der Waals surface area contributed by atoms with Gasteiger partial charge in [0.25, 0.3) is 5.91 Å². The Morgan fingerprint density at radius 2 is 1.55 bits per heavy atom. The lowest BCUT2D eigenvalue weighted by Crippen LogP contribution is -2.27. The third kappa shape index (κ3) is 4.57. The molecular formula is C24H19NO4S2. The highest BCUT2D eigenvalue weighted by Gasteiger charge is 2.33. The van der Waals surface area contributed by atoms with Gasteiger partial charge in [0, 0.05) is 0 Å². The average molecular weight is 450 g/mol. The lowest BCUT2D eigenvalue weighted by Gasteiger charge is -2.15. The van der Waals surface area contributed by atoms with E-state index in [-0.39, 0.29) is 5.91 Å². The summed E-state index contributed by atoms with van der Waals surface area (Å²) in [5, 5.41) is 0. The van der Waals surface area contributed by atoms with E-state index in [4.69, 9.17) is 26.4 Å². The second kappa shape index (κ2) is 9.24. The molecule has 0 radical (unpaired) electrons. The van der Waals surface area contributed by atoms with Gasteiger partial charge in [-0.15, -0.1) is 0 Å². The maximum absolute atomic E-state index is 13.0. The lowest BCUT2D eigenvalue weighted by molar-refractivity contribution is -0.113. The van der Waals surface area contributed by atoms with Gasteiger partial charge in [-0.25, -0.2) is 0 Å². The molecule has 0 saturated carbocycles. The number of carbonyl (C=O) groups excluding carboxylic acids is 1. The molecule has 156 valence electrons. The Balaban J connectivity index is 1.54. The summed E-state index contributed by atoms with van der Waals surface area (Å²) < 4.78 is 16.9. The van der Waals surface area contributed by atoms with E-state index in [1.54, 1.807) is 26.4 Å². The van der Waals surface area contributed by atoms with E-state index in [0.29, 0.717) is 32.2 Å². The molecule has 3 aromatic carbocycles. The summed E-state index contributed by atoms with van der Waals surface area (Å²) in [6.45, 7) is 0. The Morgan fingerprint density at radius 3 is 2.23 bits per heavy atom. The number of para-hydroxylation sites is 1. The zero-order chi connectivity index (χ0) is 21.8. The van der Waals surface area contributed by atoms with E-state index < -0.39 is 0 Å². The van der Waals surface area contributed by atoms with Crippen molar-refractivity contribution in [3.05, 3.63) is 83.3 Å². The second-order valence-electron chi connectivity index (χ2n) is 6.54. The molecule has 0 aliphatic carbocycles. The quantitative estimate of drug-likeness (QED) is 0.345. The standard InChI is InChI=1S/C24H19NO4S2/c1-27-20-13-8-16(14-21(20)28-2)15-22-23(26)25(24(30)31-22)17-9-11-19(12-10-17)29-18-6-4-3-5-7-18/h3-15H,1-2H3. The Morgan fingerprint density at radius 1 is 0.871 bits per heavy atom. The smallest absolute Gasteiger partial charge is 0.270 e. The minimum atomic E-state index is -0.165. The van der Waals surface area contributed by atoms with Crippen molar-refractivity contribution in [3.8, 4) is 23.0 Å². The van der Waals surface area contributed by atoms with Gasteiger partial charge in [-0.1, -0.05) is 48.2 Å². The van der Waals surface area contributed by atoms with Crippen LogP contribution in [0.25, 0.3) is 6.08 Å². The fraction of sp³-hybridized carbons (Fsp3) is 0.0833. The SMILES string of the molecule is COc1ccc(C=C2SC(=S)N(c3ccc(Oc4ccccc4)cc3)C2=O)cc1OC. The third-order valence-corrected chi connectivity index (χ3v) is 5.88. The Labute approximate surface area is 190 Å². The minimum Gasteiger partial charge on any atom is -0.493 e. The van der Waals surface area contributed by atoms with Gasteiger partial charge in [0.1, 0.15) is 11.5 Å². The van der Waals surface area contributed by atoms with Gasteiger partial charge in [-0.05, 0) is 60.2 Å². The number of thiocarbonyl (C=S) groups is 1. The van der Waals surface area contributed by atoms with Gasteiger partial charge < -0.3 is 14.2 Å².